The monoisotopic (exact) mass is 262 g/mol. The minimum absolute atomic E-state index is 0.0237. The van der Waals surface area contributed by atoms with Crippen molar-refractivity contribution in [3.63, 3.8) is 0 Å². The van der Waals surface area contributed by atoms with Gasteiger partial charge in [0.1, 0.15) is 5.75 Å². The van der Waals surface area contributed by atoms with Gasteiger partial charge in [0.05, 0.1) is 0 Å². The third kappa shape index (κ3) is 3.26. The summed E-state index contributed by atoms with van der Waals surface area (Å²) in [5, 5.41) is 6.07. The van der Waals surface area contributed by atoms with E-state index in [1.807, 2.05) is 13.0 Å². The molecule has 0 radical (unpaired) electrons. The van der Waals surface area contributed by atoms with Crippen LogP contribution in [0.1, 0.15) is 23.6 Å². The van der Waals surface area contributed by atoms with Gasteiger partial charge in [0.25, 0.3) is 5.91 Å². The fourth-order valence-corrected chi connectivity index (χ4v) is 2.22. The van der Waals surface area contributed by atoms with Crippen molar-refractivity contribution in [3.8, 4) is 5.75 Å². The second-order valence-corrected chi connectivity index (χ2v) is 5.00. The number of hydrogen-bond donors (Lipinski definition) is 2. The molecule has 2 N–H and O–H groups in total. The molecule has 1 aliphatic rings. The Labute approximate surface area is 114 Å². The number of rotatable bonds is 5. The van der Waals surface area contributed by atoms with Crippen molar-refractivity contribution in [3.05, 3.63) is 28.8 Å². The topological polar surface area (TPSA) is 50.4 Å². The van der Waals surface area contributed by atoms with Gasteiger partial charge in [0, 0.05) is 19.5 Å². The van der Waals surface area contributed by atoms with Crippen LogP contribution in [0.2, 0.25) is 0 Å². The predicted molar refractivity (Wildman–Crippen MR) is 75.6 cm³/mol. The third-order valence-corrected chi connectivity index (χ3v) is 3.49. The Kier molecular flexibility index (Phi) is 4.43. The second-order valence-electron chi connectivity index (χ2n) is 5.00. The van der Waals surface area contributed by atoms with Gasteiger partial charge >= 0.3 is 0 Å². The van der Waals surface area contributed by atoms with Crippen LogP contribution in [-0.2, 0) is 11.2 Å². The number of likely N-dealkylation sites (N-methyl/N-ethyl adjacent to an activating group) is 1. The van der Waals surface area contributed by atoms with Gasteiger partial charge in [-0.05, 0) is 43.1 Å². The van der Waals surface area contributed by atoms with Crippen molar-refractivity contribution in [2.24, 2.45) is 0 Å². The molecule has 0 bridgehead atoms. The molecule has 0 aromatic heterocycles. The van der Waals surface area contributed by atoms with E-state index in [2.05, 4.69) is 30.5 Å². The lowest BCUT2D eigenvalue weighted by atomic mass is 10.0. The van der Waals surface area contributed by atoms with Gasteiger partial charge in [-0.2, -0.15) is 0 Å². The average molecular weight is 262 g/mol. The second kappa shape index (κ2) is 6.06. The van der Waals surface area contributed by atoms with Crippen molar-refractivity contribution in [2.45, 2.75) is 33.3 Å². The maximum Gasteiger partial charge on any atom is 0.261 e. The van der Waals surface area contributed by atoms with E-state index in [9.17, 15) is 4.79 Å². The Hall–Kier alpha value is -1.55. The maximum absolute atomic E-state index is 12.0. The fraction of sp³-hybridized carbons (Fsp3) is 0.533. The van der Waals surface area contributed by atoms with Gasteiger partial charge in [-0.25, -0.2) is 0 Å². The molecule has 1 atom stereocenters. The van der Waals surface area contributed by atoms with Gasteiger partial charge in [-0.1, -0.05) is 13.0 Å². The molecule has 0 saturated carbocycles. The predicted octanol–water partition coefficient (Wildman–Crippen LogP) is 1.33. The highest BCUT2D eigenvalue weighted by Gasteiger charge is 2.29. The summed E-state index contributed by atoms with van der Waals surface area (Å²) in [6, 6.07) is 4.15. The smallest absolute Gasteiger partial charge is 0.261 e. The first-order chi connectivity index (χ1) is 9.11. The van der Waals surface area contributed by atoms with Gasteiger partial charge in [-0.3, -0.25) is 4.79 Å². The van der Waals surface area contributed by atoms with Crippen molar-refractivity contribution in [2.75, 3.05) is 19.6 Å². The van der Waals surface area contributed by atoms with E-state index in [0.29, 0.717) is 13.0 Å². The number of amides is 1. The van der Waals surface area contributed by atoms with Crippen LogP contribution < -0.4 is 15.4 Å². The number of aryl methyl sites for hydroxylation is 2. The number of nitrogens with one attached hydrogen (secondary N) is 2. The van der Waals surface area contributed by atoms with Gasteiger partial charge in [0.2, 0.25) is 0 Å². The van der Waals surface area contributed by atoms with Crippen LogP contribution in [0.25, 0.3) is 0 Å². The van der Waals surface area contributed by atoms with Crippen molar-refractivity contribution in [1.82, 2.24) is 10.6 Å². The molecule has 0 spiro atoms. The van der Waals surface area contributed by atoms with Gasteiger partial charge in [-0.15, -0.1) is 0 Å². The summed E-state index contributed by atoms with van der Waals surface area (Å²) >= 11 is 0. The Morgan fingerprint density at radius 1 is 1.32 bits per heavy atom. The Morgan fingerprint density at radius 3 is 2.79 bits per heavy atom. The Bertz CT molecular complexity index is 440. The third-order valence-electron chi connectivity index (χ3n) is 3.49. The molecule has 1 heterocycles. The van der Waals surface area contributed by atoms with E-state index < -0.39 is 0 Å². The van der Waals surface area contributed by atoms with Crippen LogP contribution in [0.15, 0.2) is 12.1 Å². The summed E-state index contributed by atoms with van der Waals surface area (Å²) in [4.78, 5) is 12.0. The molecule has 1 amide bonds. The molecule has 4 heteroatoms. The molecular weight excluding hydrogens is 240 g/mol. The number of benzene rings is 1. The highest BCUT2D eigenvalue weighted by atomic mass is 16.5. The van der Waals surface area contributed by atoms with Crippen LogP contribution in [0.3, 0.4) is 0 Å². The summed E-state index contributed by atoms with van der Waals surface area (Å²) in [5.41, 5.74) is 3.58. The van der Waals surface area contributed by atoms with E-state index in [-0.39, 0.29) is 12.0 Å². The molecule has 0 fully saturated rings. The molecule has 4 nitrogen and oxygen atoms in total. The van der Waals surface area contributed by atoms with Crippen molar-refractivity contribution >= 4 is 5.91 Å². The Morgan fingerprint density at radius 2 is 2.05 bits per heavy atom. The normalized spacial score (nSPS) is 16.9. The first-order valence-electron chi connectivity index (χ1n) is 6.87. The number of carbonyl (C=O) groups excluding carboxylic acids is 1. The van der Waals surface area contributed by atoms with Crippen LogP contribution in [0, 0.1) is 13.8 Å². The van der Waals surface area contributed by atoms with E-state index in [4.69, 9.17) is 4.74 Å². The van der Waals surface area contributed by atoms with E-state index in [0.717, 1.165) is 24.4 Å². The van der Waals surface area contributed by atoms with E-state index in [1.54, 1.807) is 0 Å². The minimum Gasteiger partial charge on any atom is -0.480 e. The quantitative estimate of drug-likeness (QED) is 0.787. The van der Waals surface area contributed by atoms with E-state index in [1.165, 1.54) is 11.1 Å². The fourth-order valence-electron chi connectivity index (χ4n) is 2.22. The average Bonchev–Trinajstić information content (AvgIpc) is 2.78. The zero-order valence-corrected chi connectivity index (χ0v) is 11.9. The molecule has 1 aromatic carbocycles. The lowest BCUT2D eigenvalue weighted by Crippen LogP contribution is -2.40. The SMILES string of the molecule is CCNCCNC(=O)C1Cc2cc(C)c(C)cc2O1. The molecule has 0 saturated heterocycles. The van der Waals surface area contributed by atoms with Gasteiger partial charge in [0.15, 0.2) is 6.10 Å². The number of hydrogen-bond acceptors (Lipinski definition) is 3. The first kappa shape index (κ1) is 13.9. The first-order valence-corrected chi connectivity index (χ1v) is 6.87. The summed E-state index contributed by atoms with van der Waals surface area (Å²) in [5.74, 6) is 0.833. The van der Waals surface area contributed by atoms with Crippen LogP contribution >= 0.6 is 0 Å². The molecule has 2 rings (SSSR count). The largest absolute Gasteiger partial charge is 0.480 e. The molecular formula is C15H22N2O2. The van der Waals surface area contributed by atoms with Gasteiger partial charge < -0.3 is 15.4 Å². The summed E-state index contributed by atoms with van der Waals surface area (Å²) < 4.78 is 5.73. The van der Waals surface area contributed by atoms with Crippen LogP contribution in [0.4, 0.5) is 0 Å². The van der Waals surface area contributed by atoms with E-state index >= 15 is 0 Å². The summed E-state index contributed by atoms with van der Waals surface area (Å²) in [6.45, 7) is 8.53. The molecule has 19 heavy (non-hydrogen) atoms. The standard InChI is InChI=1S/C15H22N2O2/c1-4-16-5-6-17-15(18)14-9-12-7-10(2)11(3)8-13(12)19-14/h7-8,14,16H,4-6,9H2,1-3H3,(H,17,18). The lowest BCUT2D eigenvalue weighted by molar-refractivity contribution is -0.127. The van der Waals surface area contributed by atoms with Crippen molar-refractivity contribution < 1.29 is 9.53 Å². The summed E-state index contributed by atoms with van der Waals surface area (Å²) in [6.07, 6.45) is 0.293. The zero-order valence-electron chi connectivity index (χ0n) is 11.9. The summed E-state index contributed by atoms with van der Waals surface area (Å²) in [7, 11) is 0. The lowest BCUT2D eigenvalue weighted by Gasteiger charge is -2.11. The molecule has 1 unspecified atom stereocenters. The maximum atomic E-state index is 12.0. The van der Waals surface area contributed by atoms with Crippen LogP contribution in [-0.4, -0.2) is 31.6 Å². The molecule has 1 aromatic rings. The Balaban J connectivity index is 1.90. The number of fused-ring (bicyclic) bond motifs is 1. The highest BCUT2D eigenvalue weighted by Crippen LogP contribution is 2.31. The molecule has 1 aliphatic heterocycles. The molecule has 104 valence electrons. The van der Waals surface area contributed by atoms with Crippen LogP contribution in [0.5, 0.6) is 5.75 Å². The number of ether oxygens (including phenoxy) is 1. The van der Waals surface area contributed by atoms with Crippen molar-refractivity contribution in [1.29, 1.82) is 0 Å². The highest BCUT2D eigenvalue weighted by molar-refractivity contribution is 5.82. The number of carbonyl (C=O) groups is 1. The zero-order chi connectivity index (χ0) is 13.8. The molecule has 0 aliphatic carbocycles. The minimum atomic E-state index is -0.377.